The maximum atomic E-state index is 12.7. The van der Waals surface area contributed by atoms with Crippen molar-refractivity contribution >= 4 is 22.5 Å². The number of aromatic nitrogens is 1. The lowest BCUT2D eigenvalue weighted by molar-refractivity contribution is 0.102. The standard InChI is InChI=1S/C26H24N2O5/c1-30-23-14-20(15-24(31-2)25(23)32-3)28-26(29)18-9-12-21(13-10-18)33-16-19-11-8-17-6-4-5-7-22(17)27-19/h4-15H,16H2,1-3H3,(H,28,29). The number of pyridine rings is 1. The summed E-state index contributed by atoms with van der Waals surface area (Å²) in [6.45, 7) is 0.335. The van der Waals surface area contributed by atoms with Gasteiger partial charge in [0.1, 0.15) is 12.4 Å². The van der Waals surface area contributed by atoms with Crippen molar-refractivity contribution in [3.63, 3.8) is 0 Å². The summed E-state index contributed by atoms with van der Waals surface area (Å²) >= 11 is 0. The lowest BCUT2D eigenvalue weighted by Gasteiger charge is -2.14. The van der Waals surface area contributed by atoms with Crippen LogP contribution in [0, 0.1) is 0 Å². The van der Waals surface area contributed by atoms with Crippen LogP contribution in [0.3, 0.4) is 0 Å². The molecule has 0 aliphatic carbocycles. The summed E-state index contributed by atoms with van der Waals surface area (Å²) in [5.74, 6) is 1.75. The van der Waals surface area contributed by atoms with Crippen LogP contribution < -0.4 is 24.3 Å². The fourth-order valence-corrected chi connectivity index (χ4v) is 3.40. The topological polar surface area (TPSA) is 78.9 Å². The van der Waals surface area contributed by atoms with E-state index in [4.69, 9.17) is 18.9 Å². The summed E-state index contributed by atoms with van der Waals surface area (Å²) in [5.41, 5.74) is 2.77. The van der Waals surface area contributed by atoms with Gasteiger partial charge < -0.3 is 24.3 Å². The number of carbonyl (C=O) groups is 1. The molecule has 0 radical (unpaired) electrons. The van der Waals surface area contributed by atoms with Crippen molar-refractivity contribution in [2.24, 2.45) is 0 Å². The minimum absolute atomic E-state index is 0.271. The van der Waals surface area contributed by atoms with Gasteiger partial charge >= 0.3 is 0 Å². The second-order valence-corrected chi connectivity index (χ2v) is 7.18. The number of amides is 1. The molecule has 0 bridgehead atoms. The molecule has 4 aromatic rings. The van der Waals surface area contributed by atoms with E-state index < -0.39 is 0 Å². The molecule has 0 atom stereocenters. The van der Waals surface area contributed by atoms with Gasteiger partial charge in [-0.3, -0.25) is 4.79 Å². The zero-order valence-electron chi connectivity index (χ0n) is 18.6. The maximum absolute atomic E-state index is 12.7. The van der Waals surface area contributed by atoms with E-state index in [1.165, 1.54) is 21.3 Å². The van der Waals surface area contributed by atoms with Crippen LogP contribution in [0.1, 0.15) is 16.1 Å². The third kappa shape index (κ3) is 4.98. The van der Waals surface area contributed by atoms with E-state index in [9.17, 15) is 4.79 Å². The van der Waals surface area contributed by atoms with Crippen molar-refractivity contribution in [1.29, 1.82) is 0 Å². The first-order valence-corrected chi connectivity index (χ1v) is 10.3. The van der Waals surface area contributed by atoms with Gasteiger partial charge in [0.2, 0.25) is 5.75 Å². The van der Waals surface area contributed by atoms with Crippen LogP contribution in [0.15, 0.2) is 72.8 Å². The number of para-hydroxylation sites is 1. The molecule has 33 heavy (non-hydrogen) atoms. The Labute approximate surface area is 191 Å². The molecule has 7 nitrogen and oxygen atoms in total. The van der Waals surface area contributed by atoms with Gasteiger partial charge in [-0.2, -0.15) is 0 Å². The number of nitrogens with zero attached hydrogens (tertiary/aromatic N) is 1. The van der Waals surface area contributed by atoms with Gasteiger partial charge in [-0.25, -0.2) is 4.98 Å². The van der Waals surface area contributed by atoms with Crippen LogP contribution in [0.25, 0.3) is 10.9 Å². The molecule has 7 heteroatoms. The van der Waals surface area contributed by atoms with Crippen molar-refractivity contribution < 1.29 is 23.7 Å². The van der Waals surface area contributed by atoms with E-state index >= 15 is 0 Å². The zero-order chi connectivity index (χ0) is 23.2. The molecular weight excluding hydrogens is 420 g/mol. The molecule has 1 heterocycles. The van der Waals surface area contributed by atoms with Crippen LogP contribution in [-0.4, -0.2) is 32.2 Å². The molecule has 0 saturated carbocycles. The Morgan fingerprint density at radius 3 is 2.21 bits per heavy atom. The first-order chi connectivity index (χ1) is 16.1. The van der Waals surface area contributed by atoms with Gasteiger partial charge in [0.05, 0.1) is 32.5 Å². The Kier molecular flexibility index (Phi) is 6.59. The normalized spacial score (nSPS) is 10.5. The molecule has 1 N–H and O–H groups in total. The molecule has 0 aliphatic heterocycles. The van der Waals surface area contributed by atoms with E-state index in [1.807, 2.05) is 36.4 Å². The van der Waals surface area contributed by atoms with E-state index in [1.54, 1.807) is 36.4 Å². The second kappa shape index (κ2) is 9.91. The highest BCUT2D eigenvalue weighted by atomic mass is 16.5. The van der Waals surface area contributed by atoms with Crippen molar-refractivity contribution in [2.45, 2.75) is 6.61 Å². The van der Waals surface area contributed by atoms with Crippen molar-refractivity contribution in [3.8, 4) is 23.0 Å². The van der Waals surface area contributed by atoms with Gasteiger partial charge in [0.15, 0.2) is 11.5 Å². The van der Waals surface area contributed by atoms with Crippen LogP contribution in [0.2, 0.25) is 0 Å². The molecule has 1 amide bonds. The quantitative estimate of drug-likeness (QED) is 0.408. The third-order valence-corrected chi connectivity index (χ3v) is 5.08. The molecule has 168 valence electrons. The van der Waals surface area contributed by atoms with E-state index in [0.717, 1.165) is 16.6 Å². The molecule has 1 aromatic heterocycles. The number of rotatable bonds is 8. The lowest BCUT2D eigenvalue weighted by Crippen LogP contribution is -2.12. The van der Waals surface area contributed by atoms with Gasteiger partial charge in [-0.15, -0.1) is 0 Å². The summed E-state index contributed by atoms with van der Waals surface area (Å²) in [6.07, 6.45) is 0. The largest absolute Gasteiger partial charge is 0.493 e. The fourth-order valence-electron chi connectivity index (χ4n) is 3.40. The van der Waals surface area contributed by atoms with Crippen LogP contribution >= 0.6 is 0 Å². The van der Waals surface area contributed by atoms with Gasteiger partial charge in [0.25, 0.3) is 5.91 Å². The molecule has 4 rings (SSSR count). The van der Waals surface area contributed by atoms with Crippen molar-refractivity contribution in [3.05, 3.63) is 84.1 Å². The van der Waals surface area contributed by atoms with Gasteiger partial charge in [-0.1, -0.05) is 24.3 Å². The minimum Gasteiger partial charge on any atom is -0.493 e. The zero-order valence-corrected chi connectivity index (χ0v) is 18.6. The molecule has 0 spiro atoms. The van der Waals surface area contributed by atoms with Crippen LogP contribution in [0.4, 0.5) is 5.69 Å². The number of ether oxygens (including phenoxy) is 4. The highest BCUT2D eigenvalue weighted by Gasteiger charge is 2.15. The molecule has 3 aromatic carbocycles. The Balaban J connectivity index is 1.41. The monoisotopic (exact) mass is 444 g/mol. The fraction of sp³-hybridized carbons (Fsp3) is 0.154. The highest BCUT2D eigenvalue weighted by Crippen LogP contribution is 2.40. The van der Waals surface area contributed by atoms with E-state index in [0.29, 0.717) is 40.9 Å². The Morgan fingerprint density at radius 1 is 0.848 bits per heavy atom. The number of methoxy groups -OCH3 is 3. The first-order valence-electron chi connectivity index (χ1n) is 10.3. The van der Waals surface area contributed by atoms with Crippen molar-refractivity contribution in [1.82, 2.24) is 4.98 Å². The highest BCUT2D eigenvalue weighted by molar-refractivity contribution is 6.04. The number of anilines is 1. The average Bonchev–Trinajstić information content (AvgIpc) is 2.86. The Bertz CT molecular complexity index is 1250. The summed E-state index contributed by atoms with van der Waals surface area (Å²) in [5, 5.41) is 3.93. The van der Waals surface area contributed by atoms with Crippen molar-refractivity contribution in [2.75, 3.05) is 26.6 Å². The number of nitrogens with one attached hydrogen (secondary N) is 1. The molecule has 0 fully saturated rings. The van der Waals surface area contributed by atoms with Gasteiger partial charge in [0, 0.05) is 28.8 Å². The predicted octanol–water partition coefficient (Wildman–Crippen LogP) is 5.09. The smallest absolute Gasteiger partial charge is 0.255 e. The summed E-state index contributed by atoms with van der Waals surface area (Å²) in [7, 11) is 4.57. The molecular formula is C26H24N2O5. The third-order valence-electron chi connectivity index (χ3n) is 5.08. The van der Waals surface area contributed by atoms with Gasteiger partial charge in [-0.05, 0) is 36.4 Å². The Morgan fingerprint density at radius 2 is 1.55 bits per heavy atom. The van der Waals surface area contributed by atoms with Crippen LogP contribution in [0.5, 0.6) is 23.0 Å². The molecule has 0 unspecified atom stereocenters. The number of benzene rings is 3. The SMILES string of the molecule is COc1cc(NC(=O)c2ccc(OCc3ccc4ccccc4n3)cc2)cc(OC)c1OC. The molecule has 0 aliphatic rings. The number of hydrogen-bond acceptors (Lipinski definition) is 6. The first kappa shape index (κ1) is 22.0. The second-order valence-electron chi connectivity index (χ2n) is 7.18. The molecule has 0 saturated heterocycles. The number of carbonyl (C=O) groups excluding carboxylic acids is 1. The van der Waals surface area contributed by atoms with E-state index in [2.05, 4.69) is 10.3 Å². The van der Waals surface area contributed by atoms with E-state index in [-0.39, 0.29) is 5.91 Å². The number of fused-ring (bicyclic) bond motifs is 1. The Hall–Kier alpha value is -4.26. The summed E-state index contributed by atoms with van der Waals surface area (Å²) < 4.78 is 21.8. The summed E-state index contributed by atoms with van der Waals surface area (Å²) in [6, 6.07) is 22.2. The van der Waals surface area contributed by atoms with Crippen LogP contribution in [-0.2, 0) is 6.61 Å². The minimum atomic E-state index is -0.271. The average molecular weight is 444 g/mol. The predicted molar refractivity (Wildman–Crippen MR) is 127 cm³/mol. The number of hydrogen-bond donors (Lipinski definition) is 1. The summed E-state index contributed by atoms with van der Waals surface area (Å²) in [4.78, 5) is 17.3. The maximum Gasteiger partial charge on any atom is 0.255 e. The lowest BCUT2D eigenvalue weighted by atomic mass is 10.2.